The standard InChI is InChI=1S/C17H22BrN3/c1-3-16-15(11-19-13-7-8-13)17(4-2)21(20-16)14-9-5-12(18)6-10-14/h5-6,9-10,13,19H,3-4,7-8,11H2,1-2H3. The predicted octanol–water partition coefficient (Wildman–Crippen LogP) is 4.01. The van der Waals surface area contributed by atoms with E-state index in [0.29, 0.717) is 0 Å². The van der Waals surface area contributed by atoms with Gasteiger partial charge in [-0.25, -0.2) is 4.68 Å². The van der Waals surface area contributed by atoms with Crippen molar-refractivity contribution in [2.75, 3.05) is 0 Å². The van der Waals surface area contributed by atoms with E-state index in [1.807, 2.05) is 0 Å². The molecule has 1 N–H and O–H groups in total. The Balaban J connectivity index is 1.96. The minimum Gasteiger partial charge on any atom is -0.310 e. The van der Waals surface area contributed by atoms with Gasteiger partial charge in [0.1, 0.15) is 0 Å². The molecule has 1 fully saturated rings. The highest BCUT2D eigenvalue weighted by molar-refractivity contribution is 9.10. The Kier molecular flexibility index (Phi) is 4.45. The lowest BCUT2D eigenvalue weighted by Crippen LogP contribution is -2.17. The van der Waals surface area contributed by atoms with E-state index in [4.69, 9.17) is 5.10 Å². The fourth-order valence-electron chi connectivity index (χ4n) is 2.72. The van der Waals surface area contributed by atoms with E-state index in [0.717, 1.165) is 35.6 Å². The summed E-state index contributed by atoms with van der Waals surface area (Å²) < 4.78 is 3.22. The topological polar surface area (TPSA) is 29.9 Å². The van der Waals surface area contributed by atoms with Crippen molar-refractivity contribution in [2.24, 2.45) is 0 Å². The zero-order valence-corrected chi connectivity index (χ0v) is 14.3. The van der Waals surface area contributed by atoms with Crippen LogP contribution >= 0.6 is 15.9 Å². The first-order chi connectivity index (χ1) is 10.2. The largest absolute Gasteiger partial charge is 0.310 e. The van der Waals surface area contributed by atoms with Crippen LogP contribution in [0.5, 0.6) is 0 Å². The van der Waals surface area contributed by atoms with Crippen LogP contribution in [0, 0.1) is 0 Å². The number of rotatable bonds is 6. The third-order valence-electron chi connectivity index (χ3n) is 4.06. The molecule has 112 valence electrons. The van der Waals surface area contributed by atoms with Crippen molar-refractivity contribution < 1.29 is 0 Å². The summed E-state index contributed by atoms with van der Waals surface area (Å²) >= 11 is 3.50. The van der Waals surface area contributed by atoms with Crippen LogP contribution in [0.3, 0.4) is 0 Å². The number of nitrogens with zero attached hydrogens (tertiary/aromatic N) is 2. The van der Waals surface area contributed by atoms with Gasteiger partial charge in [0.05, 0.1) is 11.4 Å². The highest BCUT2D eigenvalue weighted by Crippen LogP contribution is 2.24. The minimum atomic E-state index is 0.732. The summed E-state index contributed by atoms with van der Waals surface area (Å²) in [5.74, 6) is 0. The van der Waals surface area contributed by atoms with Gasteiger partial charge in [-0.2, -0.15) is 5.10 Å². The molecular weight excluding hydrogens is 326 g/mol. The van der Waals surface area contributed by atoms with Crippen molar-refractivity contribution in [3.8, 4) is 5.69 Å². The Morgan fingerprint density at radius 2 is 1.90 bits per heavy atom. The second kappa shape index (κ2) is 6.32. The molecule has 0 saturated heterocycles. The number of hydrogen-bond donors (Lipinski definition) is 1. The zero-order valence-electron chi connectivity index (χ0n) is 12.7. The Bertz CT molecular complexity index is 612. The van der Waals surface area contributed by atoms with Gasteiger partial charge in [0.2, 0.25) is 0 Å². The van der Waals surface area contributed by atoms with Crippen molar-refractivity contribution >= 4 is 15.9 Å². The summed E-state index contributed by atoms with van der Waals surface area (Å²) in [6.07, 6.45) is 4.64. The van der Waals surface area contributed by atoms with Crippen molar-refractivity contribution in [1.82, 2.24) is 15.1 Å². The van der Waals surface area contributed by atoms with Gasteiger partial charge in [0.15, 0.2) is 0 Å². The molecule has 1 saturated carbocycles. The van der Waals surface area contributed by atoms with Gasteiger partial charge < -0.3 is 5.32 Å². The number of halogens is 1. The molecular formula is C17H22BrN3. The summed E-state index contributed by atoms with van der Waals surface area (Å²) in [5.41, 5.74) is 5.10. The summed E-state index contributed by atoms with van der Waals surface area (Å²) in [6.45, 7) is 5.36. The van der Waals surface area contributed by atoms with Gasteiger partial charge >= 0.3 is 0 Å². The maximum Gasteiger partial charge on any atom is 0.0674 e. The molecule has 1 aliphatic carbocycles. The molecule has 1 aromatic carbocycles. The molecule has 1 aliphatic rings. The van der Waals surface area contributed by atoms with E-state index in [9.17, 15) is 0 Å². The fourth-order valence-corrected chi connectivity index (χ4v) is 2.98. The van der Waals surface area contributed by atoms with E-state index < -0.39 is 0 Å². The van der Waals surface area contributed by atoms with Gasteiger partial charge in [-0.3, -0.25) is 0 Å². The van der Waals surface area contributed by atoms with E-state index in [1.54, 1.807) is 0 Å². The van der Waals surface area contributed by atoms with Gasteiger partial charge in [-0.1, -0.05) is 29.8 Å². The van der Waals surface area contributed by atoms with Crippen molar-refractivity contribution in [2.45, 2.75) is 52.1 Å². The molecule has 0 aliphatic heterocycles. The number of hydrogen-bond acceptors (Lipinski definition) is 2. The van der Waals surface area contributed by atoms with E-state index in [-0.39, 0.29) is 0 Å². The molecule has 1 heterocycles. The lowest BCUT2D eigenvalue weighted by atomic mass is 10.1. The van der Waals surface area contributed by atoms with E-state index in [2.05, 4.69) is 64.0 Å². The maximum absolute atomic E-state index is 4.86. The number of benzene rings is 1. The zero-order chi connectivity index (χ0) is 14.8. The van der Waals surface area contributed by atoms with Crippen LogP contribution in [-0.4, -0.2) is 15.8 Å². The quantitative estimate of drug-likeness (QED) is 0.855. The Labute approximate surface area is 134 Å². The molecule has 0 radical (unpaired) electrons. The molecule has 2 aromatic rings. The molecule has 4 heteroatoms. The van der Waals surface area contributed by atoms with Crippen LogP contribution in [0.15, 0.2) is 28.7 Å². The second-order valence-electron chi connectivity index (χ2n) is 5.62. The average Bonchev–Trinajstić information content (AvgIpc) is 3.26. The lowest BCUT2D eigenvalue weighted by molar-refractivity contribution is 0.677. The lowest BCUT2D eigenvalue weighted by Gasteiger charge is -2.09. The van der Waals surface area contributed by atoms with Crippen molar-refractivity contribution in [3.05, 3.63) is 45.7 Å². The van der Waals surface area contributed by atoms with Crippen LogP contribution in [0.4, 0.5) is 0 Å². The molecule has 0 unspecified atom stereocenters. The molecule has 0 spiro atoms. The normalized spacial score (nSPS) is 14.6. The number of aryl methyl sites for hydroxylation is 1. The first kappa shape index (κ1) is 14.8. The van der Waals surface area contributed by atoms with Crippen LogP contribution in [0.25, 0.3) is 5.69 Å². The average molecular weight is 348 g/mol. The second-order valence-corrected chi connectivity index (χ2v) is 6.54. The Morgan fingerprint density at radius 1 is 1.19 bits per heavy atom. The SMILES string of the molecule is CCc1nn(-c2ccc(Br)cc2)c(CC)c1CNC1CC1. The van der Waals surface area contributed by atoms with Gasteiger partial charge in [-0.15, -0.1) is 0 Å². The predicted molar refractivity (Wildman–Crippen MR) is 89.9 cm³/mol. The molecule has 3 rings (SSSR count). The Hall–Kier alpha value is -1.13. The molecule has 3 nitrogen and oxygen atoms in total. The highest BCUT2D eigenvalue weighted by Gasteiger charge is 2.23. The van der Waals surface area contributed by atoms with Crippen molar-refractivity contribution in [3.63, 3.8) is 0 Å². The van der Waals surface area contributed by atoms with E-state index >= 15 is 0 Å². The van der Waals surface area contributed by atoms with Crippen LogP contribution in [-0.2, 0) is 19.4 Å². The highest BCUT2D eigenvalue weighted by atomic mass is 79.9. The maximum atomic E-state index is 4.86. The number of aromatic nitrogens is 2. The number of nitrogens with one attached hydrogen (secondary N) is 1. The van der Waals surface area contributed by atoms with Crippen LogP contribution < -0.4 is 5.32 Å². The third kappa shape index (κ3) is 3.22. The summed E-state index contributed by atoms with van der Waals surface area (Å²) in [7, 11) is 0. The third-order valence-corrected chi connectivity index (χ3v) is 4.59. The van der Waals surface area contributed by atoms with Crippen LogP contribution in [0.2, 0.25) is 0 Å². The molecule has 21 heavy (non-hydrogen) atoms. The molecule has 0 amide bonds. The summed E-state index contributed by atoms with van der Waals surface area (Å²) in [4.78, 5) is 0. The summed E-state index contributed by atoms with van der Waals surface area (Å²) in [6, 6.07) is 9.12. The first-order valence-electron chi connectivity index (χ1n) is 7.81. The molecule has 0 atom stereocenters. The van der Waals surface area contributed by atoms with Gasteiger partial charge in [-0.05, 0) is 49.9 Å². The fraction of sp³-hybridized carbons (Fsp3) is 0.471. The van der Waals surface area contributed by atoms with Gasteiger partial charge in [0, 0.05) is 28.3 Å². The monoisotopic (exact) mass is 347 g/mol. The minimum absolute atomic E-state index is 0.732. The molecule has 1 aromatic heterocycles. The first-order valence-corrected chi connectivity index (χ1v) is 8.61. The smallest absolute Gasteiger partial charge is 0.0674 e. The van der Waals surface area contributed by atoms with Crippen LogP contribution in [0.1, 0.15) is 43.6 Å². The molecule has 0 bridgehead atoms. The summed E-state index contributed by atoms with van der Waals surface area (Å²) in [5, 5.41) is 8.49. The van der Waals surface area contributed by atoms with Crippen molar-refractivity contribution in [1.29, 1.82) is 0 Å². The van der Waals surface area contributed by atoms with E-state index in [1.165, 1.54) is 29.8 Å². The van der Waals surface area contributed by atoms with Gasteiger partial charge in [0.25, 0.3) is 0 Å². The Morgan fingerprint density at radius 3 is 2.48 bits per heavy atom.